The second kappa shape index (κ2) is 6.04. The number of hydrogen-bond donors (Lipinski definition) is 1. The molecule has 0 fully saturated rings. The van der Waals surface area contributed by atoms with Crippen molar-refractivity contribution in [3.8, 4) is 17.2 Å². The Morgan fingerprint density at radius 1 is 1.30 bits per heavy atom. The smallest absolute Gasteiger partial charge is 0.274 e. The molecule has 0 bridgehead atoms. The van der Waals surface area contributed by atoms with Gasteiger partial charge in [0.05, 0.1) is 18.9 Å². The molecule has 1 aromatic heterocycles. The highest BCUT2D eigenvalue weighted by molar-refractivity contribution is 5.96. The minimum atomic E-state index is -0.330. The number of nitrogens with one attached hydrogen (secondary N) is 1. The predicted octanol–water partition coefficient (Wildman–Crippen LogP) is 2.40. The van der Waals surface area contributed by atoms with Crippen molar-refractivity contribution in [1.82, 2.24) is 5.43 Å². The topological polar surface area (TPSA) is 82.3 Å². The maximum atomic E-state index is 12.0. The van der Waals surface area contributed by atoms with E-state index in [4.69, 9.17) is 18.6 Å². The third-order valence-electron chi connectivity index (χ3n) is 3.35. The van der Waals surface area contributed by atoms with Crippen molar-refractivity contribution in [2.24, 2.45) is 5.10 Å². The summed E-state index contributed by atoms with van der Waals surface area (Å²) in [6.07, 6.45) is 1.50. The number of fused-ring (bicyclic) bond motifs is 1. The molecular formula is C16H16N2O5. The molecule has 7 nitrogen and oxygen atoms in total. The summed E-state index contributed by atoms with van der Waals surface area (Å²) in [7, 11) is 1.55. The zero-order chi connectivity index (χ0) is 16.4. The van der Waals surface area contributed by atoms with Gasteiger partial charge >= 0.3 is 0 Å². The van der Waals surface area contributed by atoms with Gasteiger partial charge in [-0.3, -0.25) is 4.79 Å². The summed E-state index contributed by atoms with van der Waals surface area (Å²) in [6, 6.07) is 5.17. The zero-order valence-electron chi connectivity index (χ0n) is 13.0. The van der Waals surface area contributed by atoms with E-state index in [1.807, 2.05) is 0 Å². The van der Waals surface area contributed by atoms with Crippen molar-refractivity contribution in [1.29, 1.82) is 0 Å². The average Bonchev–Trinajstić information content (AvgIpc) is 3.12. The van der Waals surface area contributed by atoms with E-state index >= 15 is 0 Å². The molecule has 120 valence electrons. The molecule has 1 amide bonds. The number of carbonyl (C=O) groups is 1. The fourth-order valence-corrected chi connectivity index (χ4v) is 2.31. The van der Waals surface area contributed by atoms with E-state index < -0.39 is 0 Å². The van der Waals surface area contributed by atoms with Crippen LogP contribution < -0.4 is 19.6 Å². The quantitative estimate of drug-likeness (QED) is 0.692. The van der Waals surface area contributed by atoms with Crippen LogP contribution in [0.2, 0.25) is 0 Å². The van der Waals surface area contributed by atoms with Gasteiger partial charge in [-0.2, -0.15) is 5.10 Å². The van der Waals surface area contributed by atoms with Crippen LogP contribution in [0.5, 0.6) is 17.2 Å². The Hall–Kier alpha value is -2.96. The van der Waals surface area contributed by atoms with Crippen LogP contribution in [0.3, 0.4) is 0 Å². The van der Waals surface area contributed by atoms with Gasteiger partial charge in [0.2, 0.25) is 12.5 Å². The average molecular weight is 316 g/mol. The molecule has 2 heterocycles. The summed E-state index contributed by atoms with van der Waals surface area (Å²) in [4.78, 5) is 12.0. The van der Waals surface area contributed by atoms with E-state index in [-0.39, 0.29) is 12.7 Å². The van der Waals surface area contributed by atoms with Crippen molar-refractivity contribution in [2.45, 2.75) is 13.8 Å². The molecule has 1 aliphatic heterocycles. The van der Waals surface area contributed by atoms with E-state index in [9.17, 15) is 4.79 Å². The van der Waals surface area contributed by atoms with Gasteiger partial charge in [-0.25, -0.2) is 5.43 Å². The summed E-state index contributed by atoms with van der Waals surface area (Å²) in [5.41, 5.74) is 3.64. The Kier molecular flexibility index (Phi) is 3.92. The number of rotatable bonds is 4. The maximum absolute atomic E-state index is 12.0. The Morgan fingerprint density at radius 3 is 2.83 bits per heavy atom. The Bertz CT molecular complexity index is 779. The van der Waals surface area contributed by atoms with Crippen LogP contribution in [0, 0.1) is 13.8 Å². The molecule has 0 aliphatic carbocycles. The first kappa shape index (κ1) is 15.0. The number of ether oxygens (including phenoxy) is 3. The van der Waals surface area contributed by atoms with Crippen LogP contribution in [0.15, 0.2) is 27.7 Å². The minimum Gasteiger partial charge on any atom is -0.493 e. The largest absolute Gasteiger partial charge is 0.493 e. The van der Waals surface area contributed by atoms with Crippen LogP contribution in [0.4, 0.5) is 0 Å². The lowest BCUT2D eigenvalue weighted by Gasteiger charge is -2.05. The molecule has 7 heteroatoms. The molecule has 0 saturated heterocycles. The monoisotopic (exact) mass is 316 g/mol. The number of hydrazone groups is 1. The lowest BCUT2D eigenvalue weighted by Crippen LogP contribution is -2.17. The summed E-state index contributed by atoms with van der Waals surface area (Å²) >= 11 is 0. The third kappa shape index (κ3) is 2.98. The molecule has 3 rings (SSSR count). The van der Waals surface area contributed by atoms with Crippen LogP contribution in [0.25, 0.3) is 0 Å². The summed E-state index contributed by atoms with van der Waals surface area (Å²) < 4.78 is 21.2. The van der Waals surface area contributed by atoms with E-state index in [1.54, 1.807) is 39.2 Å². The van der Waals surface area contributed by atoms with Crippen molar-refractivity contribution in [3.63, 3.8) is 0 Å². The van der Waals surface area contributed by atoms with Crippen LogP contribution in [-0.2, 0) is 0 Å². The fraction of sp³-hybridized carbons (Fsp3) is 0.250. The molecule has 23 heavy (non-hydrogen) atoms. The van der Waals surface area contributed by atoms with Crippen molar-refractivity contribution in [3.05, 3.63) is 40.8 Å². The number of furan rings is 1. The second-order valence-corrected chi connectivity index (χ2v) is 4.98. The van der Waals surface area contributed by atoms with Crippen molar-refractivity contribution < 1.29 is 23.4 Å². The third-order valence-corrected chi connectivity index (χ3v) is 3.35. The number of methoxy groups -OCH3 is 1. The number of aryl methyl sites for hydroxylation is 2. The number of hydrogen-bond acceptors (Lipinski definition) is 6. The fourth-order valence-electron chi connectivity index (χ4n) is 2.31. The summed E-state index contributed by atoms with van der Waals surface area (Å²) in [6.45, 7) is 3.67. The van der Waals surface area contributed by atoms with Gasteiger partial charge in [0.15, 0.2) is 11.5 Å². The summed E-state index contributed by atoms with van der Waals surface area (Å²) in [5, 5.41) is 3.95. The van der Waals surface area contributed by atoms with Crippen molar-refractivity contribution in [2.75, 3.05) is 13.9 Å². The highest BCUT2D eigenvalue weighted by Crippen LogP contribution is 2.41. The van der Waals surface area contributed by atoms with Crippen LogP contribution >= 0.6 is 0 Å². The standard InChI is InChI=1S/C16H16N2O5/c1-9-4-12(10(2)23-9)16(19)18-17-7-11-5-13(20-3)15-14(6-11)21-8-22-15/h4-7H,8H2,1-3H3,(H,18,19)/b17-7+. The van der Waals surface area contributed by atoms with Gasteiger partial charge in [-0.05, 0) is 32.0 Å². The van der Waals surface area contributed by atoms with E-state index in [0.29, 0.717) is 39.9 Å². The van der Waals surface area contributed by atoms with Gasteiger partial charge < -0.3 is 18.6 Å². The van der Waals surface area contributed by atoms with Gasteiger partial charge in [-0.1, -0.05) is 0 Å². The highest BCUT2D eigenvalue weighted by atomic mass is 16.7. The first-order valence-electron chi connectivity index (χ1n) is 6.96. The number of benzene rings is 1. The lowest BCUT2D eigenvalue weighted by molar-refractivity contribution is 0.0953. The first-order valence-corrected chi connectivity index (χ1v) is 6.96. The molecule has 0 spiro atoms. The Morgan fingerprint density at radius 2 is 2.13 bits per heavy atom. The maximum Gasteiger partial charge on any atom is 0.274 e. The molecule has 0 radical (unpaired) electrons. The van der Waals surface area contributed by atoms with Gasteiger partial charge in [-0.15, -0.1) is 0 Å². The zero-order valence-corrected chi connectivity index (χ0v) is 13.0. The SMILES string of the molecule is COc1cc(/C=N/NC(=O)c2cc(C)oc2C)cc2c1OCO2. The predicted molar refractivity (Wildman–Crippen MR) is 82.4 cm³/mol. The number of nitrogens with zero attached hydrogens (tertiary/aromatic N) is 1. The first-order chi connectivity index (χ1) is 11.1. The lowest BCUT2D eigenvalue weighted by atomic mass is 10.2. The van der Waals surface area contributed by atoms with Gasteiger partial charge in [0, 0.05) is 5.56 Å². The van der Waals surface area contributed by atoms with E-state index in [0.717, 1.165) is 0 Å². The number of carbonyl (C=O) groups excluding carboxylic acids is 1. The molecule has 0 unspecified atom stereocenters. The van der Waals surface area contributed by atoms with Gasteiger partial charge in [0.1, 0.15) is 11.5 Å². The van der Waals surface area contributed by atoms with Crippen molar-refractivity contribution >= 4 is 12.1 Å². The van der Waals surface area contributed by atoms with Crippen LogP contribution in [-0.4, -0.2) is 26.0 Å². The summed E-state index contributed by atoms with van der Waals surface area (Å²) in [5.74, 6) is 2.60. The second-order valence-electron chi connectivity index (χ2n) is 4.98. The van der Waals surface area contributed by atoms with Gasteiger partial charge in [0.25, 0.3) is 5.91 Å². The Labute approximate surface area is 132 Å². The Balaban J connectivity index is 1.73. The molecule has 1 N–H and O–H groups in total. The molecule has 1 aliphatic rings. The molecule has 0 atom stereocenters. The molecular weight excluding hydrogens is 300 g/mol. The molecule has 0 saturated carbocycles. The normalized spacial score (nSPS) is 12.7. The molecule has 2 aromatic rings. The highest BCUT2D eigenvalue weighted by Gasteiger charge is 2.19. The van der Waals surface area contributed by atoms with E-state index in [2.05, 4.69) is 10.5 Å². The minimum absolute atomic E-state index is 0.155. The van der Waals surface area contributed by atoms with Crippen LogP contribution in [0.1, 0.15) is 27.4 Å². The molecule has 1 aromatic carbocycles. The van der Waals surface area contributed by atoms with E-state index in [1.165, 1.54) is 6.21 Å². The number of amides is 1.